The molecule has 0 saturated carbocycles. The van der Waals surface area contributed by atoms with Gasteiger partial charge in [0.2, 0.25) is 0 Å². The van der Waals surface area contributed by atoms with Crippen molar-refractivity contribution in [2.75, 3.05) is 53.4 Å². The minimum atomic E-state index is 0.200. The second-order valence-corrected chi connectivity index (χ2v) is 14.6. The number of benzene rings is 1. The number of likely N-dealkylation sites (N-methyl/N-ethyl adjacent to an activating group) is 1. The third-order valence-corrected chi connectivity index (χ3v) is 9.04. The summed E-state index contributed by atoms with van der Waals surface area (Å²) in [6.45, 7) is 26.1. The molecule has 3 rings (SSSR count). The van der Waals surface area contributed by atoms with E-state index in [-0.39, 0.29) is 16.2 Å². The SMILES string of the molecule is CC(N1CCN(CCN(C)C)CC1)C(C)(Cc1ccc(C(C)(C)C)cc1)CC1C=CC(C(C)(C)C)=CC1. The Bertz CT molecular complexity index is 904. The van der Waals surface area contributed by atoms with Crippen LogP contribution in [0.1, 0.15) is 79.4 Å². The van der Waals surface area contributed by atoms with Crippen molar-refractivity contribution in [3.05, 3.63) is 59.2 Å². The van der Waals surface area contributed by atoms with Gasteiger partial charge in [-0.1, -0.05) is 91.0 Å². The molecule has 0 N–H and O–H groups in total. The lowest BCUT2D eigenvalue weighted by atomic mass is 9.69. The summed E-state index contributed by atoms with van der Waals surface area (Å²) in [5, 5.41) is 0. The lowest BCUT2D eigenvalue weighted by molar-refractivity contribution is 0.0287. The van der Waals surface area contributed by atoms with Gasteiger partial charge in [-0.3, -0.25) is 9.80 Å². The van der Waals surface area contributed by atoms with Crippen molar-refractivity contribution in [1.29, 1.82) is 0 Å². The van der Waals surface area contributed by atoms with Crippen molar-refractivity contribution in [3.63, 3.8) is 0 Å². The van der Waals surface area contributed by atoms with E-state index in [1.165, 1.54) is 62.3 Å². The molecule has 0 bridgehead atoms. The van der Waals surface area contributed by atoms with E-state index >= 15 is 0 Å². The zero-order valence-electron chi connectivity index (χ0n) is 25.9. The van der Waals surface area contributed by atoms with E-state index in [1.54, 1.807) is 0 Å². The maximum Gasteiger partial charge on any atom is 0.0125 e. The highest BCUT2D eigenvalue weighted by atomic mass is 15.3. The molecule has 0 amide bonds. The maximum absolute atomic E-state index is 2.79. The molecule has 3 unspecified atom stereocenters. The quantitative estimate of drug-likeness (QED) is 0.355. The van der Waals surface area contributed by atoms with E-state index in [9.17, 15) is 0 Å². The zero-order valence-corrected chi connectivity index (χ0v) is 25.9. The van der Waals surface area contributed by atoms with E-state index in [0.717, 1.165) is 13.0 Å². The Hall–Kier alpha value is -1.42. The first-order chi connectivity index (χ1) is 17.2. The lowest BCUT2D eigenvalue weighted by Crippen LogP contribution is -2.55. The van der Waals surface area contributed by atoms with Gasteiger partial charge in [0.25, 0.3) is 0 Å². The molecule has 3 atom stereocenters. The average molecular weight is 508 g/mol. The smallest absolute Gasteiger partial charge is 0.0125 e. The van der Waals surface area contributed by atoms with E-state index in [4.69, 9.17) is 0 Å². The predicted molar refractivity (Wildman–Crippen MR) is 162 cm³/mol. The fourth-order valence-corrected chi connectivity index (χ4v) is 6.11. The van der Waals surface area contributed by atoms with Gasteiger partial charge in [-0.25, -0.2) is 0 Å². The molecule has 0 aromatic heterocycles. The van der Waals surface area contributed by atoms with E-state index in [1.807, 2.05) is 0 Å². The van der Waals surface area contributed by atoms with Gasteiger partial charge < -0.3 is 4.90 Å². The normalized spacial score (nSPS) is 22.7. The molecule has 0 spiro atoms. The van der Waals surface area contributed by atoms with Crippen molar-refractivity contribution in [1.82, 2.24) is 14.7 Å². The molecule has 1 saturated heterocycles. The molecule has 1 aliphatic heterocycles. The van der Waals surface area contributed by atoms with Crippen LogP contribution in [-0.4, -0.2) is 74.1 Å². The number of rotatable bonds is 9. The van der Waals surface area contributed by atoms with Gasteiger partial charge in [0.1, 0.15) is 0 Å². The number of hydrogen-bond donors (Lipinski definition) is 0. The summed E-state index contributed by atoms with van der Waals surface area (Å²) < 4.78 is 0. The molecule has 1 aromatic rings. The molecule has 37 heavy (non-hydrogen) atoms. The molecule has 3 heteroatoms. The summed E-state index contributed by atoms with van der Waals surface area (Å²) in [5.41, 5.74) is 5.06. The molecule has 3 nitrogen and oxygen atoms in total. The first kappa shape index (κ1) is 30.1. The third-order valence-electron chi connectivity index (χ3n) is 9.04. The Morgan fingerprint density at radius 1 is 0.892 bits per heavy atom. The van der Waals surface area contributed by atoms with Gasteiger partial charge >= 0.3 is 0 Å². The minimum Gasteiger partial charge on any atom is -0.308 e. The van der Waals surface area contributed by atoms with Crippen LogP contribution in [0.2, 0.25) is 0 Å². The van der Waals surface area contributed by atoms with Gasteiger partial charge in [-0.05, 0) is 79.1 Å². The minimum absolute atomic E-state index is 0.200. The van der Waals surface area contributed by atoms with E-state index < -0.39 is 0 Å². The van der Waals surface area contributed by atoms with Gasteiger partial charge in [0, 0.05) is 45.3 Å². The summed E-state index contributed by atoms with van der Waals surface area (Å²) in [5.74, 6) is 0.619. The number of hydrogen-bond acceptors (Lipinski definition) is 3. The van der Waals surface area contributed by atoms with Crippen LogP contribution in [0.3, 0.4) is 0 Å². The fraction of sp³-hybridized carbons (Fsp3) is 0.706. The zero-order chi connectivity index (χ0) is 27.4. The van der Waals surface area contributed by atoms with E-state index in [2.05, 4.69) is 127 Å². The maximum atomic E-state index is 2.79. The van der Waals surface area contributed by atoms with Crippen LogP contribution in [0.15, 0.2) is 48.1 Å². The summed E-state index contributed by atoms with van der Waals surface area (Å²) >= 11 is 0. The highest BCUT2D eigenvalue weighted by Gasteiger charge is 2.38. The van der Waals surface area contributed by atoms with Gasteiger partial charge in [0.15, 0.2) is 0 Å². The summed E-state index contributed by atoms with van der Waals surface area (Å²) in [4.78, 5) is 7.74. The van der Waals surface area contributed by atoms with Gasteiger partial charge in [-0.2, -0.15) is 0 Å². The lowest BCUT2D eigenvalue weighted by Gasteiger charge is -2.47. The van der Waals surface area contributed by atoms with Crippen LogP contribution >= 0.6 is 0 Å². The molecule has 1 aliphatic carbocycles. The van der Waals surface area contributed by atoms with Crippen molar-refractivity contribution in [2.24, 2.45) is 16.7 Å². The first-order valence-electron chi connectivity index (χ1n) is 14.8. The molecule has 1 fully saturated rings. The molecule has 0 radical (unpaired) electrons. The Morgan fingerprint density at radius 3 is 2.00 bits per heavy atom. The van der Waals surface area contributed by atoms with Crippen LogP contribution in [0.4, 0.5) is 0 Å². The average Bonchev–Trinajstić information content (AvgIpc) is 2.82. The van der Waals surface area contributed by atoms with Crippen LogP contribution in [0.25, 0.3) is 0 Å². The highest BCUT2D eigenvalue weighted by molar-refractivity contribution is 5.30. The van der Waals surface area contributed by atoms with Crippen LogP contribution in [-0.2, 0) is 11.8 Å². The second kappa shape index (κ2) is 12.2. The number of allylic oxidation sites excluding steroid dienone is 4. The van der Waals surface area contributed by atoms with Crippen molar-refractivity contribution in [2.45, 2.75) is 86.1 Å². The van der Waals surface area contributed by atoms with Crippen molar-refractivity contribution < 1.29 is 0 Å². The van der Waals surface area contributed by atoms with Crippen molar-refractivity contribution in [3.8, 4) is 0 Å². The van der Waals surface area contributed by atoms with Crippen LogP contribution in [0.5, 0.6) is 0 Å². The van der Waals surface area contributed by atoms with Crippen LogP contribution in [0, 0.1) is 16.7 Å². The van der Waals surface area contributed by atoms with Gasteiger partial charge in [-0.15, -0.1) is 0 Å². The number of piperazine rings is 1. The topological polar surface area (TPSA) is 9.72 Å². The molecule has 1 heterocycles. The summed E-state index contributed by atoms with van der Waals surface area (Å²) in [6, 6.07) is 10.1. The van der Waals surface area contributed by atoms with Crippen LogP contribution < -0.4 is 0 Å². The van der Waals surface area contributed by atoms with Gasteiger partial charge in [0.05, 0.1) is 0 Å². The summed E-state index contributed by atoms with van der Waals surface area (Å²) in [6.07, 6.45) is 11.0. The third kappa shape index (κ3) is 8.53. The Balaban J connectivity index is 1.75. The molecular formula is C34H57N3. The second-order valence-electron chi connectivity index (χ2n) is 14.6. The number of nitrogens with zero attached hydrogens (tertiary/aromatic N) is 3. The standard InChI is InChI=1S/C34H57N3/c1-27(37-23-21-36(22-24-37)20-19-35(9)10)34(8,25-28-11-15-30(16-12-28)32(2,3)4)26-29-13-17-31(18-14-29)33(5,6)7/h11-13,15-18,27,29H,14,19-26H2,1-10H3. The first-order valence-corrected chi connectivity index (χ1v) is 14.8. The fourth-order valence-electron chi connectivity index (χ4n) is 6.11. The highest BCUT2D eigenvalue weighted by Crippen LogP contribution is 2.41. The Kier molecular flexibility index (Phi) is 9.92. The Labute approximate surface area is 230 Å². The molecule has 1 aromatic carbocycles. The predicted octanol–water partition coefficient (Wildman–Crippen LogP) is 7.04. The monoisotopic (exact) mass is 507 g/mol. The largest absolute Gasteiger partial charge is 0.308 e. The van der Waals surface area contributed by atoms with E-state index in [0.29, 0.717) is 12.0 Å². The molecular weight excluding hydrogens is 450 g/mol. The summed E-state index contributed by atoms with van der Waals surface area (Å²) in [7, 11) is 4.36. The Morgan fingerprint density at radius 2 is 1.51 bits per heavy atom. The molecule has 2 aliphatic rings. The molecule has 208 valence electrons. The van der Waals surface area contributed by atoms with Crippen molar-refractivity contribution >= 4 is 0 Å².